The fraction of sp³-hybridized carbons (Fsp3) is 0.600. The van der Waals surface area contributed by atoms with E-state index in [0.29, 0.717) is 6.54 Å². The molecule has 0 aromatic heterocycles. The van der Waals surface area contributed by atoms with Crippen LogP contribution in [0.25, 0.3) is 0 Å². The molecule has 0 unspecified atom stereocenters. The van der Waals surface area contributed by atoms with Gasteiger partial charge in [-0.1, -0.05) is 20.8 Å². The number of cyclic esters (lactones) is 1. The molecule has 4 heteroatoms. The first-order chi connectivity index (χ1) is 6.35. The van der Waals surface area contributed by atoms with Crippen LogP contribution in [-0.2, 0) is 9.53 Å². The van der Waals surface area contributed by atoms with Crippen LogP contribution in [0.5, 0.6) is 0 Å². The minimum Gasteiger partial charge on any atom is -0.404 e. The van der Waals surface area contributed by atoms with Gasteiger partial charge in [0, 0.05) is 6.54 Å². The van der Waals surface area contributed by atoms with Gasteiger partial charge in [0.1, 0.15) is 0 Å². The van der Waals surface area contributed by atoms with Crippen molar-refractivity contribution in [3.05, 3.63) is 11.8 Å². The molecule has 1 heterocycles. The number of carbonyl (C=O) groups is 2. The van der Waals surface area contributed by atoms with Crippen molar-refractivity contribution in [3.63, 3.8) is 0 Å². The van der Waals surface area contributed by atoms with Crippen LogP contribution in [-0.4, -0.2) is 23.4 Å². The molecule has 2 amide bonds. The van der Waals surface area contributed by atoms with Gasteiger partial charge >= 0.3 is 6.09 Å². The highest BCUT2D eigenvalue weighted by Crippen LogP contribution is 2.23. The number of carbonyl (C=O) groups excluding carboxylic acids is 2. The van der Waals surface area contributed by atoms with E-state index in [9.17, 15) is 9.59 Å². The number of amides is 2. The molecule has 0 bridgehead atoms. The summed E-state index contributed by atoms with van der Waals surface area (Å²) in [5.41, 5.74) is -0.172. The summed E-state index contributed by atoms with van der Waals surface area (Å²) < 4.78 is 4.85. The summed E-state index contributed by atoms with van der Waals surface area (Å²) in [6.07, 6.45) is 1.09. The normalized spacial score (nSPS) is 20.6. The summed E-state index contributed by atoms with van der Waals surface area (Å²) in [5.74, 6) is -0.197. The van der Waals surface area contributed by atoms with E-state index in [4.69, 9.17) is 4.74 Å². The summed E-state index contributed by atoms with van der Waals surface area (Å²) in [7, 11) is 0. The molecule has 1 aliphatic heterocycles. The Morgan fingerprint density at radius 3 is 2.29 bits per heavy atom. The average Bonchev–Trinajstić information content (AvgIpc) is 2.24. The van der Waals surface area contributed by atoms with Crippen LogP contribution in [0, 0.1) is 5.41 Å². The zero-order chi connectivity index (χ0) is 10.9. The van der Waals surface area contributed by atoms with Crippen LogP contribution in [0.4, 0.5) is 4.79 Å². The Morgan fingerprint density at radius 1 is 1.36 bits per heavy atom. The quantitative estimate of drug-likeness (QED) is 0.603. The van der Waals surface area contributed by atoms with Gasteiger partial charge in [-0.05, 0) is 18.4 Å². The second-order valence-corrected chi connectivity index (χ2v) is 4.29. The van der Waals surface area contributed by atoms with Crippen molar-refractivity contribution in [1.29, 1.82) is 0 Å². The molecule has 0 N–H and O–H groups in total. The third-order valence-corrected chi connectivity index (χ3v) is 1.75. The summed E-state index contributed by atoms with van der Waals surface area (Å²) in [5, 5.41) is 0. The van der Waals surface area contributed by atoms with Crippen LogP contribution in [0.1, 0.15) is 27.7 Å². The molecule has 0 spiro atoms. The molecule has 14 heavy (non-hydrogen) atoms. The molecule has 1 aliphatic rings. The summed E-state index contributed by atoms with van der Waals surface area (Å²) in [4.78, 5) is 23.8. The number of imide groups is 1. The van der Waals surface area contributed by atoms with Crippen LogP contribution < -0.4 is 0 Å². The number of nitrogens with zero attached hydrogens (tertiary/aromatic N) is 1. The van der Waals surface area contributed by atoms with Crippen molar-refractivity contribution in [2.45, 2.75) is 27.7 Å². The predicted octanol–water partition coefficient (Wildman–Crippen LogP) is 1.92. The molecule has 4 nitrogen and oxygen atoms in total. The highest BCUT2D eigenvalue weighted by atomic mass is 16.6. The van der Waals surface area contributed by atoms with Gasteiger partial charge in [-0.15, -0.1) is 0 Å². The Labute approximate surface area is 83.5 Å². The van der Waals surface area contributed by atoms with Crippen molar-refractivity contribution in [3.8, 4) is 0 Å². The lowest BCUT2D eigenvalue weighted by atomic mass is 9.96. The Bertz CT molecular complexity index is 299. The van der Waals surface area contributed by atoms with E-state index in [1.54, 1.807) is 13.0 Å². The van der Waals surface area contributed by atoms with Gasteiger partial charge in [0.05, 0.1) is 0 Å². The highest BCUT2D eigenvalue weighted by molar-refractivity contribution is 6.07. The maximum Gasteiger partial charge on any atom is 0.422 e. The molecular formula is C10H15NO3. The van der Waals surface area contributed by atoms with E-state index in [1.807, 2.05) is 20.8 Å². The lowest BCUT2D eigenvalue weighted by Crippen LogP contribution is -2.28. The van der Waals surface area contributed by atoms with Crippen LogP contribution in [0.2, 0.25) is 0 Å². The van der Waals surface area contributed by atoms with Gasteiger partial charge in [-0.2, -0.15) is 0 Å². The van der Waals surface area contributed by atoms with Gasteiger partial charge in [0.2, 0.25) is 0 Å². The van der Waals surface area contributed by atoms with E-state index in [1.165, 1.54) is 0 Å². The Hall–Kier alpha value is -1.32. The molecule has 1 fully saturated rings. The third-order valence-electron chi connectivity index (χ3n) is 1.75. The number of allylic oxidation sites excluding steroid dienone is 1. The molecular weight excluding hydrogens is 182 g/mol. The highest BCUT2D eigenvalue weighted by Gasteiger charge is 2.35. The van der Waals surface area contributed by atoms with Crippen molar-refractivity contribution < 1.29 is 14.3 Å². The first kappa shape index (κ1) is 10.8. The lowest BCUT2D eigenvalue weighted by molar-refractivity contribution is -0.123. The summed E-state index contributed by atoms with van der Waals surface area (Å²) in [6.45, 7) is 7.90. The molecule has 0 aliphatic carbocycles. The number of hydrogen-bond donors (Lipinski definition) is 0. The molecule has 0 saturated carbocycles. The van der Waals surface area contributed by atoms with Gasteiger partial charge < -0.3 is 4.74 Å². The van der Waals surface area contributed by atoms with Crippen molar-refractivity contribution in [2.75, 3.05) is 6.54 Å². The van der Waals surface area contributed by atoms with Crippen molar-refractivity contribution in [2.24, 2.45) is 5.41 Å². The van der Waals surface area contributed by atoms with Gasteiger partial charge in [-0.25, -0.2) is 9.69 Å². The largest absolute Gasteiger partial charge is 0.422 e. The summed E-state index contributed by atoms with van der Waals surface area (Å²) >= 11 is 0. The van der Waals surface area contributed by atoms with E-state index in [0.717, 1.165) is 4.90 Å². The van der Waals surface area contributed by atoms with E-state index >= 15 is 0 Å². The smallest absolute Gasteiger partial charge is 0.404 e. The molecule has 0 atom stereocenters. The second kappa shape index (κ2) is 3.44. The first-order valence-corrected chi connectivity index (χ1v) is 4.61. The molecule has 0 radical (unpaired) electrons. The number of hydrogen-bond acceptors (Lipinski definition) is 3. The Morgan fingerprint density at radius 2 is 1.93 bits per heavy atom. The van der Waals surface area contributed by atoms with E-state index in [-0.39, 0.29) is 17.1 Å². The molecule has 1 rings (SSSR count). The van der Waals surface area contributed by atoms with Crippen LogP contribution in [0.15, 0.2) is 11.8 Å². The van der Waals surface area contributed by atoms with Crippen molar-refractivity contribution in [1.82, 2.24) is 4.90 Å². The minimum absolute atomic E-state index is 0.143. The van der Waals surface area contributed by atoms with Gasteiger partial charge in [0.25, 0.3) is 5.91 Å². The lowest BCUT2D eigenvalue weighted by Gasteiger charge is -2.11. The molecule has 0 aromatic rings. The van der Waals surface area contributed by atoms with Crippen LogP contribution in [0.3, 0.4) is 0 Å². The summed E-state index contributed by atoms with van der Waals surface area (Å²) in [6, 6.07) is 0. The van der Waals surface area contributed by atoms with E-state index < -0.39 is 6.09 Å². The van der Waals surface area contributed by atoms with Crippen LogP contribution >= 0.6 is 0 Å². The van der Waals surface area contributed by atoms with E-state index in [2.05, 4.69) is 0 Å². The van der Waals surface area contributed by atoms with Crippen molar-refractivity contribution >= 4 is 12.0 Å². The topological polar surface area (TPSA) is 46.6 Å². The average molecular weight is 197 g/mol. The Kier molecular flexibility index (Phi) is 2.64. The molecule has 1 saturated heterocycles. The standard InChI is InChI=1S/C10H15NO3/c1-5-11-8(12)7(14-9(11)13)6-10(2,3)4/h6H,5H2,1-4H3/b7-6-. The second-order valence-electron chi connectivity index (χ2n) is 4.29. The predicted molar refractivity (Wildman–Crippen MR) is 51.4 cm³/mol. The minimum atomic E-state index is -0.576. The van der Waals surface area contributed by atoms with Gasteiger partial charge in [-0.3, -0.25) is 4.79 Å². The fourth-order valence-corrected chi connectivity index (χ4v) is 1.17. The first-order valence-electron chi connectivity index (χ1n) is 4.61. The monoisotopic (exact) mass is 197 g/mol. The zero-order valence-corrected chi connectivity index (χ0v) is 8.96. The number of likely N-dealkylation sites (N-methyl/N-ethyl adjacent to an activating group) is 1. The molecule has 0 aromatic carbocycles. The maximum atomic E-state index is 11.5. The van der Waals surface area contributed by atoms with Gasteiger partial charge in [0.15, 0.2) is 5.76 Å². The SMILES string of the molecule is CCN1C(=O)O/C(=C\C(C)(C)C)C1=O. The fourth-order valence-electron chi connectivity index (χ4n) is 1.17. The maximum absolute atomic E-state index is 11.5. The third kappa shape index (κ3) is 2.13. The molecule has 78 valence electrons. The zero-order valence-electron chi connectivity index (χ0n) is 8.96. The number of ether oxygens (including phenoxy) is 1. The Balaban J connectivity index is 2.92. The number of rotatable bonds is 1.